The van der Waals surface area contributed by atoms with Gasteiger partial charge in [0, 0.05) is 26.2 Å². The number of benzene rings is 1. The number of carboxylic acids is 1. The summed E-state index contributed by atoms with van der Waals surface area (Å²) < 4.78 is 7.42. The third-order valence-corrected chi connectivity index (χ3v) is 3.30. The zero-order valence-electron chi connectivity index (χ0n) is 12.1. The van der Waals surface area contributed by atoms with Crippen LogP contribution < -0.4 is 0 Å². The summed E-state index contributed by atoms with van der Waals surface area (Å²) in [6.07, 6.45) is 1.28. The predicted molar refractivity (Wildman–Crippen MR) is 78.6 cm³/mol. The molecule has 21 heavy (non-hydrogen) atoms. The highest BCUT2D eigenvalue weighted by atomic mass is 16.5. The summed E-state index contributed by atoms with van der Waals surface area (Å²) in [5.41, 5.74) is 1.79. The van der Waals surface area contributed by atoms with Crippen molar-refractivity contribution in [2.45, 2.75) is 26.3 Å². The average molecular weight is 292 g/mol. The van der Waals surface area contributed by atoms with Gasteiger partial charge in [0.15, 0.2) is 0 Å². The van der Waals surface area contributed by atoms with E-state index < -0.39 is 5.97 Å². The molecule has 6 heteroatoms. The minimum Gasteiger partial charge on any atom is -0.478 e. The minimum atomic E-state index is -0.960. The maximum atomic E-state index is 11.0. The van der Waals surface area contributed by atoms with E-state index >= 15 is 0 Å². The summed E-state index contributed by atoms with van der Waals surface area (Å²) in [4.78, 5) is 15.5. The van der Waals surface area contributed by atoms with Crippen LogP contribution in [0.3, 0.4) is 0 Å². The lowest BCUT2D eigenvalue weighted by Crippen LogP contribution is -2.10. The molecule has 0 saturated carbocycles. The van der Waals surface area contributed by atoms with Gasteiger partial charge in [0.1, 0.15) is 5.82 Å². The molecule has 0 unspecified atom stereocenters. The van der Waals surface area contributed by atoms with Gasteiger partial charge < -0.3 is 19.5 Å². The van der Waals surface area contributed by atoms with Crippen LogP contribution in [0.25, 0.3) is 11.0 Å². The Morgan fingerprint density at radius 3 is 2.90 bits per heavy atom. The predicted octanol–water partition coefficient (Wildman–Crippen LogP) is 1.70. The quantitative estimate of drug-likeness (QED) is 0.723. The van der Waals surface area contributed by atoms with Gasteiger partial charge in [-0.25, -0.2) is 9.78 Å². The van der Waals surface area contributed by atoms with E-state index in [1.807, 2.05) is 11.5 Å². The fraction of sp³-hybridized carbons (Fsp3) is 0.467. The second-order valence-electron chi connectivity index (χ2n) is 4.71. The number of rotatable bonds is 8. The Balaban J connectivity index is 2.37. The zero-order chi connectivity index (χ0) is 15.2. The summed E-state index contributed by atoms with van der Waals surface area (Å²) in [5.74, 6) is -0.112. The van der Waals surface area contributed by atoms with Crippen LogP contribution in [0.2, 0.25) is 0 Å². The SMILES string of the molecule is CCOCCn1c(CCCO)nc2cc(C(=O)O)ccc21. The normalized spacial score (nSPS) is 11.1. The Hall–Kier alpha value is -1.92. The van der Waals surface area contributed by atoms with Crippen LogP contribution in [0.15, 0.2) is 18.2 Å². The second kappa shape index (κ2) is 7.19. The third-order valence-electron chi connectivity index (χ3n) is 3.30. The van der Waals surface area contributed by atoms with Crippen LogP contribution in [-0.2, 0) is 17.7 Å². The van der Waals surface area contributed by atoms with Crippen molar-refractivity contribution >= 4 is 17.0 Å². The van der Waals surface area contributed by atoms with Crippen molar-refractivity contribution in [2.24, 2.45) is 0 Å². The summed E-state index contributed by atoms with van der Waals surface area (Å²) in [6.45, 7) is 3.95. The molecule has 2 rings (SSSR count). The van der Waals surface area contributed by atoms with Crippen molar-refractivity contribution in [2.75, 3.05) is 19.8 Å². The van der Waals surface area contributed by atoms with Crippen molar-refractivity contribution in [1.29, 1.82) is 0 Å². The van der Waals surface area contributed by atoms with Crippen LogP contribution >= 0.6 is 0 Å². The van der Waals surface area contributed by atoms with Crippen LogP contribution in [0.5, 0.6) is 0 Å². The lowest BCUT2D eigenvalue weighted by molar-refractivity contribution is 0.0697. The first kappa shape index (κ1) is 15.5. The van der Waals surface area contributed by atoms with E-state index in [1.54, 1.807) is 18.2 Å². The fourth-order valence-corrected chi connectivity index (χ4v) is 2.29. The number of carboxylic acid groups (broad SMARTS) is 1. The van der Waals surface area contributed by atoms with Crippen molar-refractivity contribution in [3.8, 4) is 0 Å². The first-order valence-electron chi connectivity index (χ1n) is 7.08. The van der Waals surface area contributed by atoms with Gasteiger partial charge in [-0.3, -0.25) is 0 Å². The van der Waals surface area contributed by atoms with E-state index in [9.17, 15) is 4.79 Å². The monoisotopic (exact) mass is 292 g/mol. The molecule has 0 aliphatic heterocycles. The minimum absolute atomic E-state index is 0.106. The molecule has 0 bridgehead atoms. The molecule has 6 nitrogen and oxygen atoms in total. The molecule has 0 aliphatic rings. The highest BCUT2D eigenvalue weighted by Crippen LogP contribution is 2.19. The number of carbonyl (C=O) groups is 1. The topological polar surface area (TPSA) is 84.6 Å². The van der Waals surface area contributed by atoms with Gasteiger partial charge >= 0.3 is 5.97 Å². The van der Waals surface area contributed by atoms with E-state index in [2.05, 4.69) is 4.98 Å². The summed E-state index contributed by atoms with van der Waals surface area (Å²) in [5, 5.41) is 18.0. The number of hydrogen-bond acceptors (Lipinski definition) is 4. The number of imidazole rings is 1. The van der Waals surface area contributed by atoms with Gasteiger partial charge in [0.25, 0.3) is 0 Å². The number of ether oxygens (including phenoxy) is 1. The van der Waals surface area contributed by atoms with Crippen LogP contribution in [0, 0.1) is 0 Å². The molecule has 1 heterocycles. The largest absolute Gasteiger partial charge is 0.478 e. The maximum absolute atomic E-state index is 11.0. The van der Waals surface area contributed by atoms with Gasteiger partial charge in [-0.05, 0) is 31.5 Å². The Morgan fingerprint density at radius 1 is 1.43 bits per heavy atom. The molecule has 1 aromatic carbocycles. The average Bonchev–Trinajstić information content (AvgIpc) is 2.82. The van der Waals surface area contributed by atoms with Crippen LogP contribution in [0.1, 0.15) is 29.5 Å². The lowest BCUT2D eigenvalue weighted by atomic mass is 10.2. The molecule has 2 aromatic rings. The van der Waals surface area contributed by atoms with E-state index in [-0.39, 0.29) is 12.2 Å². The molecule has 0 fully saturated rings. The van der Waals surface area contributed by atoms with Gasteiger partial charge in [-0.1, -0.05) is 0 Å². The molecule has 0 atom stereocenters. The van der Waals surface area contributed by atoms with Gasteiger partial charge in [-0.15, -0.1) is 0 Å². The summed E-state index contributed by atoms with van der Waals surface area (Å²) in [7, 11) is 0. The van der Waals surface area contributed by atoms with Crippen molar-refractivity contribution in [3.05, 3.63) is 29.6 Å². The molecular formula is C15H20N2O4. The van der Waals surface area contributed by atoms with E-state index in [0.29, 0.717) is 38.1 Å². The van der Waals surface area contributed by atoms with Crippen molar-refractivity contribution in [3.63, 3.8) is 0 Å². The number of aromatic nitrogens is 2. The maximum Gasteiger partial charge on any atom is 0.335 e. The molecule has 0 spiro atoms. The number of fused-ring (bicyclic) bond motifs is 1. The molecule has 0 amide bonds. The summed E-state index contributed by atoms with van der Waals surface area (Å²) in [6, 6.07) is 4.94. The second-order valence-corrected chi connectivity index (χ2v) is 4.71. The standard InChI is InChI=1S/C15H20N2O4/c1-2-21-9-7-17-13-6-5-11(15(19)20)10-12(13)16-14(17)4-3-8-18/h5-6,10,18H,2-4,7-9H2,1H3,(H,19,20). The molecular weight excluding hydrogens is 272 g/mol. The van der Waals surface area contributed by atoms with E-state index in [4.69, 9.17) is 14.9 Å². The number of hydrogen-bond donors (Lipinski definition) is 2. The Kier molecular flexibility index (Phi) is 5.30. The van der Waals surface area contributed by atoms with Crippen molar-refractivity contribution in [1.82, 2.24) is 9.55 Å². The van der Waals surface area contributed by atoms with Gasteiger partial charge in [0.05, 0.1) is 23.2 Å². The Morgan fingerprint density at radius 2 is 2.24 bits per heavy atom. The van der Waals surface area contributed by atoms with Crippen LogP contribution in [0.4, 0.5) is 0 Å². The highest BCUT2D eigenvalue weighted by molar-refractivity contribution is 5.92. The first-order valence-corrected chi connectivity index (χ1v) is 7.08. The number of aliphatic hydroxyl groups is 1. The molecule has 0 saturated heterocycles. The molecule has 114 valence electrons. The van der Waals surface area contributed by atoms with Crippen LogP contribution in [-0.4, -0.2) is 45.6 Å². The number of aliphatic hydroxyl groups excluding tert-OH is 1. The number of nitrogens with zero attached hydrogens (tertiary/aromatic N) is 2. The fourth-order valence-electron chi connectivity index (χ4n) is 2.29. The molecule has 1 aromatic heterocycles. The molecule has 0 aliphatic carbocycles. The third kappa shape index (κ3) is 3.59. The lowest BCUT2D eigenvalue weighted by Gasteiger charge is -2.09. The van der Waals surface area contributed by atoms with Gasteiger partial charge in [-0.2, -0.15) is 0 Å². The zero-order valence-corrected chi connectivity index (χ0v) is 12.1. The smallest absolute Gasteiger partial charge is 0.335 e. The molecule has 2 N–H and O–H groups in total. The van der Waals surface area contributed by atoms with E-state index in [0.717, 1.165) is 11.3 Å². The first-order chi connectivity index (χ1) is 10.2. The van der Waals surface area contributed by atoms with Crippen molar-refractivity contribution < 1.29 is 19.7 Å². The number of aromatic carboxylic acids is 1. The Labute approximate surface area is 123 Å². The summed E-state index contributed by atoms with van der Waals surface area (Å²) >= 11 is 0. The number of aryl methyl sites for hydroxylation is 1. The Bertz CT molecular complexity index is 621. The van der Waals surface area contributed by atoms with Gasteiger partial charge in [0.2, 0.25) is 0 Å². The highest BCUT2D eigenvalue weighted by Gasteiger charge is 2.12. The van der Waals surface area contributed by atoms with E-state index in [1.165, 1.54) is 0 Å². The molecule has 0 radical (unpaired) electrons.